The Balaban J connectivity index is 0.000000431. The molecule has 1 aliphatic rings. The number of nitrogens with zero attached hydrogens (tertiary/aromatic N) is 1. The maximum atomic E-state index is 9.75. The van der Waals surface area contributed by atoms with Crippen molar-refractivity contribution in [3.05, 3.63) is 70.7 Å². The van der Waals surface area contributed by atoms with Crippen molar-refractivity contribution in [3.63, 3.8) is 0 Å². The summed E-state index contributed by atoms with van der Waals surface area (Å²) in [6, 6.07) is 8.47. The highest BCUT2D eigenvalue weighted by Gasteiger charge is 2.20. The average Bonchev–Trinajstić information content (AvgIpc) is 2.82. The minimum absolute atomic E-state index is 0.932. The summed E-state index contributed by atoms with van der Waals surface area (Å²) >= 11 is 1.80. The molecule has 2 heterocycles. The van der Waals surface area contributed by atoms with E-state index in [1.165, 1.54) is 15.2 Å². The average molecular weight is 383 g/mol. The number of halogens is 4. The molecule has 1 aromatic heterocycles. The smallest absolute Gasteiger partial charge is 0.467 e. The lowest BCUT2D eigenvalue weighted by Gasteiger charge is -2.11. The second kappa shape index (κ2) is 8.36. The topological polar surface area (TPSA) is 13.1 Å². The summed E-state index contributed by atoms with van der Waals surface area (Å²) in [6.07, 6.45) is 10.4. The molecule has 0 radical (unpaired) electrons. The Morgan fingerprint density at radius 2 is 1.62 bits per heavy atom. The number of allylic oxidation sites excluding steroid dienone is 7. The van der Waals surface area contributed by atoms with Gasteiger partial charge in [-0.15, -0.1) is 0 Å². The van der Waals surface area contributed by atoms with Gasteiger partial charge in [0.1, 0.15) is 23.3 Å². The molecule has 0 fully saturated rings. The van der Waals surface area contributed by atoms with Crippen molar-refractivity contribution in [1.29, 1.82) is 0 Å². The van der Waals surface area contributed by atoms with Gasteiger partial charge in [0, 0.05) is 12.1 Å². The molecule has 0 bridgehead atoms. The van der Waals surface area contributed by atoms with Gasteiger partial charge in [0.2, 0.25) is 5.52 Å². The van der Waals surface area contributed by atoms with Crippen LogP contribution in [0.25, 0.3) is 16.3 Å². The molecule has 0 aliphatic carbocycles. The van der Waals surface area contributed by atoms with E-state index in [9.17, 15) is 17.3 Å². The summed E-state index contributed by atoms with van der Waals surface area (Å²) in [5.74, 6) is 1.86. The zero-order valence-corrected chi connectivity index (χ0v) is 15.4. The monoisotopic (exact) mass is 383 g/mol. The molecule has 1 aliphatic heterocycles. The Hall–Kier alpha value is -2.35. The van der Waals surface area contributed by atoms with Crippen LogP contribution in [-0.4, -0.2) is 7.25 Å². The Labute approximate surface area is 153 Å². The number of para-hydroxylation sites is 1. The van der Waals surface area contributed by atoms with Gasteiger partial charge in [0.15, 0.2) is 0 Å². The Morgan fingerprint density at radius 1 is 1.04 bits per heavy atom. The Morgan fingerprint density at radius 3 is 2.19 bits per heavy atom. The normalized spacial score (nSPS) is 14.5. The number of fused-ring (bicyclic) bond motifs is 1. The van der Waals surface area contributed by atoms with E-state index in [4.69, 9.17) is 4.74 Å². The lowest BCUT2D eigenvalue weighted by Crippen LogP contribution is -2.28. The van der Waals surface area contributed by atoms with Crippen LogP contribution in [0.15, 0.2) is 65.7 Å². The summed E-state index contributed by atoms with van der Waals surface area (Å²) in [6.45, 7) is 3.94. The van der Waals surface area contributed by atoms with Crippen molar-refractivity contribution < 1.29 is 26.6 Å². The first-order valence-electron chi connectivity index (χ1n) is 7.81. The van der Waals surface area contributed by atoms with Gasteiger partial charge in [-0.3, -0.25) is 0 Å². The molecule has 1 aromatic carbocycles. The van der Waals surface area contributed by atoms with Crippen molar-refractivity contribution in [2.24, 2.45) is 7.05 Å². The third-order valence-corrected chi connectivity index (χ3v) is 4.55. The maximum absolute atomic E-state index is 9.75. The van der Waals surface area contributed by atoms with Crippen LogP contribution in [0.4, 0.5) is 17.3 Å². The number of benzene rings is 1. The highest BCUT2D eigenvalue weighted by Crippen LogP contribution is 2.21. The van der Waals surface area contributed by atoms with E-state index in [0.717, 1.165) is 17.1 Å². The molecule has 0 atom stereocenters. The van der Waals surface area contributed by atoms with Crippen molar-refractivity contribution in [2.45, 2.75) is 13.8 Å². The van der Waals surface area contributed by atoms with E-state index in [2.05, 4.69) is 54.1 Å². The lowest BCUT2D eigenvalue weighted by atomic mass is 10.1. The van der Waals surface area contributed by atoms with Crippen LogP contribution >= 0.6 is 11.3 Å². The van der Waals surface area contributed by atoms with Crippen LogP contribution in [0.1, 0.15) is 18.9 Å². The fourth-order valence-corrected chi connectivity index (χ4v) is 3.49. The Kier molecular flexibility index (Phi) is 6.42. The number of aromatic nitrogens is 1. The van der Waals surface area contributed by atoms with Crippen LogP contribution in [-0.2, 0) is 11.8 Å². The summed E-state index contributed by atoms with van der Waals surface area (Å²) in [5, 5.41) is 1.24. The van der Waals surface area contributed by atoms with Gasteiger partial charge in [0.05, 0.1) is 0 Å². The van der Waals surface area contributed by atoms with Crippen LogP contribution in [0.5, 0.6) is 0 Å². The van der Waals surface area contributed by atoms with Crippen LogP contribution in [0.3, 0.4) is 0 Å². The summed E-state index contributed by atoms with van der Waals surface area (Å²) in [4.78, 5) is 0. The first-order chi connectivity index (χ1) is 12.1. The maximum Gasteiger partial charge on any atom is 0.673 e. The predicted molar refractivity (Wildman–Crippen MR) is 98.9 cm³/mol. The predicted octanol–water partition coefficient (Wildman–Crippen LogP) is 5.80. The minimum atomic E-state index is -6.00. The van der Waals surface area contributed by atoms with E-state index in [1.807, 2.05) is 26.0 Å². The molecule has 0 amide bonds. The second-order valence-corrected chi connectivity index (χ2v) is 6.66. The van der Waals surface area contributed by atoms with Gasteiger partial charge in [-0.25, -0.2) is 0 Å². The molecule has 0 saturated carbocycles. The van der Waals surface area contributed by atoms with E-state index in [-0.39, 0.29) is 0 Å². The summed E-state index contributed by atoms with van der Waals surface area (Å²) in [5.41, 5.74) is 2.43. The highest BCUT2D eigenvalue weighted by atomic mass is 32.1. The van der Waals surface area contributed by atoms with E-state index in [0.29, 0.717) is 0 Å². The fraction of sp³-hybridized carbons (Fsp3) is 0.167. The highest BCUT2D eigenvalue weighted by molar-refractivity contribution is 7.18. The van der Waals surface area contributed by atoms with Gasteiger partial charge in [-0.1, -0.05) is 35.6 Å². The van der Waals surface area contributed by atoms with Crippen molar-refractivity contribution >= 4 is 34.9 Å². The Bertz CT molecular complexity index is 884. The SMILES string of the molecule is CC1=CC(=C/C=C/c2sc3ccccc3[n+]2C)C=C(C)O1.F[B-](F)(F)F. The number of hydrogen-bond donors (Lipinski definition) is 0. The first kappa shape index (κ1) is 20.0. The molecule has 3 rings (SSSR count). The van der Waals surface area contributed by atoms with Gasteiger partial charge in [0.25, 0.3) is 5.01 Å². The van der Waals surface area contributed by atoms with Crippen LogP contribution in [0.2, 0.25) is 0 Å². The largest absolute Gasteiger partial charge is 0.673 e. The molecule has 8 heteroatoms. The van der Waals surface area contributed by atoms with Crippen LogP contribution in [0, 0.1) is 0 Å². The molecule has 2 nitrogen and oxygen atoms in total. The molecule has 138 valence electrons. The van der Waals surface area contributed by atoms with Crippen molar-refractivity contribution in [1.82, 2.24) is 0 Å². The molecule has 0 N–H and O–H groups in total. The van der Waals surface area contributed by atoms with E-state index in [1.54, 1.807) is 11.3 Å². The van der Waals surface area contributed by atoms with Crippen molar-refractivity contribution in [3.8, 4) is 0 Å². The summed E-state index contributed by atoms with van der Waals surface area (Å²) < 4.78 is 48.0. The molecule has 0 saturated heterocycles. The summed E-state index contributed by atoms with van der Waals surface area (Å²) in [7, 11) is -3.89. The molecular formula is C18H18BF4NOS. The second-order valence-electron chi connectivity index (χ2n) is 5.60. The van der Waals surface area contributed by atoms with Gasteiger partial charge < -0.3 is 22.0 Å². The molecule has 0 unspecified atom stereocenters. The van der Waals surface area contributed by atoms with E-state index >= 15 is 0 Å². The third-order valence-electron chi connectivity index (χ3n) is 3.36. The zero-order valence-electron chi connectivity index (χ0n) is 14.5. The standard InChI is InChI=1S/C18H18NOS.BF4/c1-13-11-15(12-14(2)20-13)7-6-10-18-19(3)16-8-4-5-9-17(16)21-18;2-1(3,4)5/h4-12H,1-3H3;/q+1;-1/b10-6+;. The number of aryl methyl sites for hydroxylation is 1. The number of rotatable bonds is 2. The fourth-order valence-electron chi connectivity index (χ4n) is 2.43. The number of hydrogen-bond acceptors (Lipinski definition) is 2. The van der Waals surface area contributed by atoms with Crippen LogP contribution < -0.4 is 4.57 Å². The molecular weight excluding hydrogens is 365 g/mol. The van der Waals surface area contributed by atoms with Gasteiger partial charge in [-0.05, 0) is 37.6 Å². The minimum Gasteiger partial charge on any atom is -0.467 e. The molecule has 0 spiro atoms. The quantitative estimate of drug-likeness (QED) is 0.363. The van der Waals surface area contributed by atoms with E-state index < -0.39 is 7.25 Å². The zero-order chi connectivity index (χ0) is 19.3. The van der Waals surface area contributed by atoms with Gasteiger partial charge >= 0.3 is 7.25 Å². The first-order valence-corrected chi connectivity index (χ1v) is 8.63. The van der Waals surface area contributed by atoms with Crippen molar-refractivity contribution in [2.75, 3.05) is 0 Å². The molecule has 2 aromatic rings. The third kappa shape index (κ3) is 6.18. The number of ether oxygens (including phenoxy) is 1. The lowest BCUT2D eigenvalue weighted by molar-refractivity contribution is -0.642. The number of thiazole rings is 1. The van der Waals surface area contributed by atoms with Gasteiger partial charge in [-0.2, -0.15) is 4.57 Å². The molecule has 26 heavy (non-hydrogen) atoms.